The number of aromatic nitrogens is 3. The van der Waals surface area contributed by atoms with Crippen molar-refractivity contribution in [2.24, 2.45) is 7.05 Å². The third kappa shape index (κ3) is 2.78. The second kappa shape index (κ2) is 6.25. The largest absolute Gasteiger partial charge is 0.461 e. The Morgan fingerprint density at radius 3 is 2.96 bits per heavy atom. The van der Waals surface area contributed by atoms with E-state index in [-0.39, 0.29) is 5.56 Å². The quantitative estimate of drug-likeness (QED) is 0.610. The van der Waals surface area contributed by atoms with E-state index in [1.807, 2.05) is 0 Å². The number of hydrogen-bond donors (Lipinski definition) is 1. The van der Waals surface area contributed by atoms with E-state index in [1.54, 1.807) is 18.4 Å². The maximum atomic E-state index is 12.5. The van der Waals surface area contributed by atoms with E-state index in [4.69, 9.17) is 4.42 Å². The summed E-state index contributed by atoms with van der Waals surface area (Å²) in [6, 6.07) is 12.0. The molecule has 1 aliphatic heterocycles. The highest BCUT2D eigenvalue weighted by Crippen LogP contribution is 2.24. The number of fused-ring (bicyclic) bond motifs is 2. The lowest BCUT2D eigenvalue weighted by Crippen LogP contribution is -2.35. The lowest BCUT2D eigenvalue weighted by molar-refractivity contribution is 0.241. The number of nitrogens with one attached hydrogen (secondary N) is 1. The smallest absolute Gasteiger partial charge is 0.254 e. The van der Waals surface area contributed by atoms with Crippen molar-refractivity contribution in [3.8, 4) is 11.6 Å². The van der Waals surface area contributed by atoms with Crippen molar-refractivity contribution in [2.45, 2.75) is 19.5 Å². The predicted octanol–water partition coefficient (Wildman–Crippen LogP) is 3.08. The topological polar surface area (TPSA) is 67.1 Å². The van der Waals surface area contributed by atoms with Crippen molar-refractivity contribution < 1.29 is 4.42 Å². The van der Waals surface area contributed by atoms with Gasteiger partial charge >= 0.3 is 0 Å². The monoisotopic (exact) mass is 360 g/mol. The summed E-state index contributed by atoms with van der Waals surface area (Å²) in [5.41, 5.74) is 4.11. The van der Waals surface area contributed by atoms with Gasteiger partial charge < -0.3 is 14.0 Å². The summed E-state index contributed by atoms with van der Waals surface area (Å²) < 4.78 is 7.56. The fraction of sp³-hybridized carbons (Fsp3) is 0.238. The number of benzene rings is 1. The van der Waals surface area contributed by atoms with Crippen LogP contribution in [0.25, 0.3) is 22.5 Å². The molecule has 0 spiro atoms. The molecule has 3 aromatic heterocycles. The van der Waals surface area contributed by atoms with E-state index in [1.165, 1.54) is 16.5 Å². The molecule has 1 aromatic carbocycles. The molecule has 1 aliphatic rings. The van der Waals surface area contributed by atoms with Crippen LogP contribution in [0.2, 0.25) is 0 Å². The van der Waals surface area contributed by atoms with Crippen LogP contribution in [0, 0.1) is 0 Å². The van der Waals surface area contributed by atoms with Gasteiger partial charge in [0.1, 0.15) is 0 Å². The Kier molecular flexibility index (Phi) is 3.72. The first kappa shape index (κ1) is 16.1. The molecule has 0 saturated heterocycles. The van der Waals surface area contributed by atoms with Crippen molar-refractivity contribution in [1.82, 2.24) is 19.4 Å². The normalized spacial score (nSPS) is 14.6. The zero-order chi connectivity index (χ0) is 18.4. The summed E-state index contributed by atoms with van der Waals surface area (Å²) in [4.78, 5) is 22.3. The Morgan fingerprint density at radius 2 is 2.11 bits per heavy atom. The standard InChI is InChI=1S/C21H20N4O2/c1-24-11-14(15-5-2-3-6-18(15)24)12-25-9-8-16-17(13-25)22-20(23-21(16)26)19-7-4-10-27-19/h2-7,10-11H,8-9,12-13H2,1H3,(H,22,23,26). The minimum atomic E-state index is -0.0591. The van der Waals surface area contributed by atoms with E-state index in [0.717, 1.165) is 24.3 Å². The molecule has 6 nitrogen and oxygen atoms in total. The highest BCUT2D eigenvalue weighted by molar-refractivity contribution is 5.83. The molecule has 0 saturated carbocycles. The fourth-order valence-electron chi connectivity index (χ4n) is 3.95. The van der Waals surface area contributed by atoms with Crippen LogP contribution in [-0.2, 0) is 26.6 Å². The van der Waals surface area contributed by atoms with Gasteiger partial charge in [-0.3, -0.25) is 9.69 Å². The number of aromatic amines is 1. The number of H-pyrrole nitrogens is 1. The number of hydrogen-bond acceptors (Lipinski definition) is 4. The SMILES string of the molecule is Cn1cc(CN2CCc3c(nc(-c4ccco4)[nH]c3=O)C2)c2ccccc21. The van der Waals surface area contributed by atoms with Gasteiger partial charge in [-0.2, -0.15) is 0 Å². The van der Waals surface area contributed by atoms with E-state index in [2.05, 4.69) is 56.9 Å². The van der Waals surface area contributed by atoms with Gasteiger partial charge in [0.15, 0.2) is 11.6 Å². The van der Waals surface area contributed by atoms with Crippen molar-refractivity contribution in [1.29, 1.82) is 0 Å². The van der Waals surface area contributed by atoms with Gasteiger partial charge in [0, 0.05) is 49.3 Å². The zero-order valence-electron chi connectivity index (χ0n) is 15.1. The second-order valence-corrected chi connectivity index (χ2v) is 7.06. The van der Waals surface area contributed by atoms with E-state index >= 15 is 0 Å². The Hall–Kier alpha value is -3.12. The van der Waals surface area contributed by atoms with Gasteiger partial charge in [-0.15, -0.1) is 0 Å². The van der Waals surface area contributed by atoms with Crippen LogP contribution in [0.3, 0.4) is 0 Å². The molecule has 4 heterocycles. The minimum absolute atomic E-state index is 0.0591. The summed E-state index contributed by atoms with van der Waals surface area (Å²) >= 11 is 0. The number of rotatable bonds is 3. The second-order valence-electron chi connectivity index (χ2n) is 7.06. The Morgan fingerprint density at radius 1 is 1.22 bits per heavy atom. The molecule has 0 bridgehead atoms. The highest BCUT2D eigenvalue weighted by Gasteiger charge is 2.22. The van der Waals surface area contributed by atoms with Crippen LogP contribution < -0.4 is 5.56 Å². The predicted molar refractivity (Wildman–Crippen MR) is 103 cm³/mol. The Balaban J connectivity index is 1.46. The average Bonchev–Trinajstić information content (AvgIpc) is 3.31. The summed E-state index contributed by atoms with van der Waals surface area (Å²) in [5, 5.41) is 1.28. The van der Waals surface area contributed by atoms with Gasteiger partial charge in [0.25, 0.3) is 5.56 Å². The van der Waals surface area contributed by atoms with Crippen LogP contribution in [0.1, 0.15) is 16.8 Å². The van der Waals surface area contributed by atoms with Crippen molar-refractivity contribution >= 4 is 10.9 Å². The molecule has 1 N–H and O–H groups in total. The van der Waals surface area contributed by atoms with Gasteiger partial charge in [0.05, 0.1) is 12.0 Å². The molecule has 0 fully saturated rings. The maximum Gasteiger partial charge on any atom is 0.254 e. The molecule has 27 heavy (non-hydrogen) atoms. The van der Waals surface area contributed by atoms with Crippen LogP contribution in [0.5, 0.6) is 0 Å². The third-order valence-corrected chi connectivity index (χ3v) is 5.28. The Bertz CT molecular complexity index is 1170. The van der Waals surface area contributed by atoms with Crippen LogP contribution in [0.15, 0.2) is 58.1 Å². The van der Waals surface area contributed by atoms with Crippen LogP contribution in [-0.4, -0.2) is 26.0 Å². The lowest BCUT2D eigenvalue weighted by atomic mass is 10.1. The van der Waals surface area contributed by atoms with Crippen molar-refractivity contribution in [2.75, 3.05) is 6.54 Å². The molecule has 0 aliphatic carbocycles. The first-order valence-electron chi connectivity index (χ1n) is 9.10. The molecular formula is C21H20N4O2. The zero-order valence-corrected chi connectivity index (χ0v) is 15.1. The van der Waals surface area contributed by atoms with Gasteiger partial charge in [-0.1, -0.05) is 18.2 Å². The number of aryl methyl sites for hydroxylation is 1. The molecule has 0 radical (unpaired) electrons. The molecule has 6 heteroatoms. The fourth-order valence-corrected chi connectivity index (χ4v) is 3.95. The average molecular weight is 360 g/mol. The van der Waals surface area contributed by atoms with E-state index in [0.29, 0.717) is 24.6 Å². The molecular weight excluding hydrogens is 340 g/mol. The van der Waals surface area contributed by atoms with Crippen molar-refractivity contribution in [3.63, 3.8) is 0 Å². The van der Waals surface area contributed by atoms with E-state index < -0.39 is 0 Å². The number of furan rings is 1. The summed E-state index contributed by atoms with van der Waals surface area (Å²) in [7, 11) is 2.08. The Labute approximate surface area is 156 Å². The first-order chi connectivity index (χ1) is 13.2. The summed E-state index contributed by atoms with van der Waals surface area (Å²) in [6.45, 7) is 2.35. The summed E-state index contributed by atoms with van der Waals surface area (Å²) in [5.74, 6) is 1.08. The van der Waals surface area contributed by atoms with Crippen LogP contribution >= 0.6 is 0 Å². The molecule has 5 rings (SSSR count). The van der Waals surface area contributed by atoms with Crippen LogP contribution in [0.4, 0.5) is 0 Å². The first-order valence-corrected chi connectivity index (χ1v) is 9.10. The molecule has 136 valence electrons. The molecule has 0 atom stereocenters. The molecule has 0 unspecified atom stereocenters. The lowest BCUT2D eigenvalue weighted by Gasteiger charge is -2.27. The third-order valence-electron chi connectivity index (χ3n) is 5.28. The number of para-hydroxylation sites is 1. The molecule has 0 amide bonds. The highest BCUT2D eigenvalue weighted by atomic mass is 16.3. The van der Waals surface area contributed by atoms with Gasteiger partial charge in [-0.05, 0) is 30.2 Å². The van der Waals surface area contributed by atoms with Gasteiger partial charge in [0.2, 0.25) is 0 Å². The summed E-state index contributed by atoms with van der Waals surface area (Å²) in [6.07, 6.45) is 4.49. The molecule has 4 aromatic rings. The number of nitrogens with zero attached hydrogens (tertiary/aromatic N) is 3. The maximum absolute atomic E-state index is 12.5. The van der Waals surface area contributed by atoms with Crippen molar-refractivity contribution in [3.05, 3.63) is 76.0 Å². The van der Waals surface area contributed by atoms with Gasteiger partial charge in [-0.25, -0.2) is 4.98 Å². The van der Waals surface area contributed by atoms with E-state index in [9.17, 15) is 4.79 Å². The minimum Gasteiger partial charge on any atom is -0.461 e.